The van der Waals surface area contributed by atoms with Crippen molar-refractivity contribution in [2.75, 3.05) is 18.0 Å². The van der Waals surface area contributed by atoms with Gasteiger partial charge in [-0.15, -0.1) is 0 Å². The van der Waals surface area contributed by atoms with Gasteiger partial charge in [0.2, 0.25) is 0 Å². The zero-order valence-electron chi connectivity index (χ0n) is 10.8. The summed E-state index contributed by atoms with van der Waals surface area (Å²) in [5.41, 5.74) is 5.32. The minimum Gasteiger partial charge on any atom is -0.356 e. The van der Waals surface area contributed by atoms with E-state index >= 15 is 0 Å². The molecule has 6 heteroatoms. The second-order valence-electron chi connectivity index (χ2n) is 4.94. The largest absolute Gasteiger partial charge is 0.419 e. The van der Waals surface area contributed by atoms with Crippen molar-refractivity contribution in [1.82, 2.24) is 4.98 Å². The van der Waals surface area contributed by atoms with Crippen LogP contribution < -0.4 is 10.6 Å². The monoisotopic (exact) mass is 273 g/mol. The van der Waals surface area contributed by atoms with Crippen LogP contribution in [-0.4, -0.2) is 24.1 Å². The van der Waals surface area contributed by atoms with Gasteiger partial charge < -0.3 is 10.6 Å². The van der Waals surface area contributed by atoms with E-state index in [9.17, 15) is 13.2 Å². The molecule has 19 heavy (non-hydrogen) atoms. The minimum atomic E-state index is -4.37. The maximum Gasteiger partial charge on any atom is 0.419 e. The van der Waals surface area contributed by atoms with Crippen LogP contribution in [0.5, 0.6) is 0 Å². The van der Waals surface area contributed by atoms with E-state index in [1.54, 1.807) is 4.90 Å². The number of aromatic nitrogens is 1. The maximum absolute atomic E-state index is 13.0. The molecule has 1 aliphatic rings. The van der Waals surface area contributed by atoms with Gasteiger partial charge in [0.25, 0.3) is 0 Å². The molecule has 2 N–H and O–H groups in total. The van der Waals surface area contributed by atoms with E-state index in [4.69, 9.17) is 5.73 Å². The van der Waals surface area contributed by atoms with Crippen LogP contribution >= 0.6 is 0 Å². The van der Waals surface area contributed by atoms with Crippen LogP contribution in [0.25, 0.3) is 0 Å². The van der Waals surface area contributed by atoms with Gasteiger partial charge in [-0.25, -0.2) is 4.98 Å². The molecule has 2 heterocycles. The number of halogens is 3. The van der Waals surface area contributed by atoms with Crippen molar-refractivity contribution in [3.8, 4) is 0 Å². The highest BCUT2D eigenvalue weighted by Gasteiger charge is 2.37. The SMILES string of the molecule is CCC1CN(c2ncccc2C(F)(F)F)CCC1N. The number of pyridine rings is 1. The highest BCUT2D eigenvalue weighted by atomic mass is 19.4. The molecule has 1 saturated heterocycles. The molecule has 0 bridgehead atoms. The summed E-state index contributed by atoms with van der Waals surface area (Å²) >= 11 is 0. The van der Waals surface area contributed by atoms with E-state index in [-0.39, 0.29) is 17.8 Å². The third-order valence-electron chi connectivity index (χ3n) is 3.71. The van der Waals surface area contributed by atoms with Crippen molar-refractivity contribution in [2.45, 2.75) is 32.0 Å². The molecular weight excluding hydrogens is 255 g/mol. The van der Waals surface area contributed by atoms with Crippen LogP contribution in [0.3, 0.4) is 0 Å². The normalized spacial score (nSPS) is 24.6. The molecule has 2 unspecified atom stereocenters. The number of rotatable bonds is 2. The summed E-state index contributed by atoms with van der Waals surface area (Å²) in [5.74, 6) is 0.247. The fourth-order valence-electron chi connectivity index (χ4n) is 2.54. The Bertz CT molecular complexity index is 433. The average Bonchev–Trinajstić information content (AvgIpc) is 2.38. The lowest BCUT2D eigenvalue weighted by molar-refractivity contribution is -0.137. The van der Waals surface area contributed by atoms with E-state index in [0.717, 1.165) is 12.5 Å². The number of nitrogens with zero attached hydrogens (tertiary/aromatic N) is 2. The lowest BCUT2D eigenvalue weighted by Crippen LogP contribution is -2.47. The second-order valence-corrected chi connectivity index (χ2v) is 4.94. The van der Waals surface area contributed by atoms with Gasteiger partial charge in [-0.3, -0.25) is 0 Å². The van der Waals surface area contributed by atoms with Gasteiger partial charge in [-0.2, -0.15) is 13.2 Å². The van der Waals surface area contributed by atoms with Gasteiger partial charge >= 0.3 is 6.18 Å². The van der Waals surface area contributed by atoms with Crippen LogP contribution in [0, 0.1) is 5.92 Å². The molecule has 1 aliphatic heterocycles. The highest BCUT2D eigenvalue weighted by Crippen LogP contribution is 2.36. The van der Waals surface area contributed by atoms with Crippen LogP contribution in [0.2, 0.25) is 0 Å². The number of anilines is 1. The van der Waals surface area contributed by atoms with E-state index in [1.165, 1.54) is 12.3 Å². The van der Waals surface area contributed by atoms with Crippen LogP contribution in [0.4, 0.5) is 19.0 Å². The Morgan fingerprint density at radius 1 is 1.47 bits per heavy atom. The fourth-order valence-corrected chi connectivity index (χ4v) is 2.54. The Morgan fingerprint density at radius 2 is 2.21 bits per heavy atom. The van der Waals surface area contributed by atoms with Crippen LogP contribution in [-0.2, 0) is 6.18 Å². The topological polar surface area (TPSA) is 42.2 Å². The minimum absolute atomic E-state index is 0.0281. The van der Waals surface area contributed by atoms with Crippen molar-refractivity contribution >= 4 is 5.82 Å². The van der Waals surface area contributed by atoms with Crippen molar-refractivity contribution in [2.24, 2.45) is 11.7 Å². The number of hydrogen-bond donors (Lipinski definition) is 1. The van der Waals surface area contributed by atoms with Crippen LogP contribution in [0.15, 0.2) is 18.3 Å². The molecule has 1 aromatic rings. The summed E-state index contributed by atoms with van der Waals surface area (Å²) in [6, 6.07) is 2.47. The zero-order chi connectivity index (χ0) is 14.0. The van der Waals surface area contributed by atoms with Crippen molar-refractivity contribution in [3.63, 3.8) is 0 Å². The lowest BCUT2D eigenvalue weighted by Gasteiger charge is -2.38. The second kappa shape index (κ2) is 5.36. The summed E-state index contributed by atoms with van der Waals surface area (Å²) < 4.78 is 38.9. The smallest absolute Gasteiger partial charge is 0.356 e. The highest BCUT2D eigenvalue weighted by molar-refractivity contribution is 5.48. The van der Waals surface area contributed by atoms with Crippen molar-refractivity contribution in [1.29, 1.82) is 0 Å². The van der Waals surface area contributed by atoms with Crippen molar-refractivity contribution < 1.29 is 13.2 Å². The molecule has 0 aliphatic carbocycles. The first-order chi connectivity index (χ1) is 8.93. The number of piperidine rings is 1. The summed E-state index contributed by atoms with van der Waals surface area (Å²) in [6.07, 6.45) is -1.40. The van der Waals surface area contributed by atoms with Gasteiger partial charge in [-0.05, 0) is 24.5 Å². The number of nitrogens with two attached hydrogens (primary N) is 1. The van der Waals surface area contributed by atoms with Crippen molar-refractivity contribution in [3.05, 3.63) is 23.9 Å². The average molecular weight is 273 g/mol. The van der Waals surface area contributed by atoms with E-state index in [1.807, 2.05) is 6.92 Å². The van der Waals surface area contributed by atoms with Gasteiger partial charge in [0.1, 0.15) is 5.82 Å². The van der Waals surface area contributed by atoms with E-state index < -0.39 is 11.7 Å². The molecule has 3 nitrogen and oxygen atoms in total. The third-order valence-corrected chi connectivity index (χ3v) is 3.71. The number of hydrogen-bond acceptors (Lipinski definition) is 3. The van der Waals surface area contributed by atoms with E-state index in [0.29, 0.717) is 19.5 Å². The summed E-state index contributed by atoms with van der Waals surface area (Å²) in [4.78, 5) is 5.64. The summed E-state index contributed by atoms with van der Waals surface area (Å²) in [5, 5.41) is 0. The summed E-state index contributed by atoms with van der Waals surface area (Å²) in [6.45, 7) is 3.08. The molecule has 0 spiro atoms. The molecule has 0 amide bonds. The quantitative estimate of drug-likeness (QED) is 0.900. The fraction of sp³-hybridized carbons (Fsp3) is 0.615. The van der Waals surface area contributed by atoms with E-state index in [2.05, 4.69) is 4.98 Å². The van der Waals surface area contributed by atoms with Gasteiger partial charge in [0.05, 0.1) is 5.56 Å². The Hall–Kier alpha value is -1.30. The molecular formula is C13H18F3N3. The predicted octanol–water partition coefficient (Wildman–Crippen LogP) is 2.66. The van der Waals surface area contributed by atoms with Gasteiger partial charge in [-0.1, -0.05) is 13.3 Å². The molecule has 0 saturated carbocycles. The third kappa shape index (κ3) is 3.00. The first kappa shape index (κ1) is 14.1. The van der Waals surface area contributed by atoms with Gasteiger partial charge in [0.15, 0.2) is 0 Å². The Kier molecular flexibility index (Phi) is 3.99. The molecule has 1 aromatic heterocycles. The predicted molar refractivity (Wildman–Crippen MR) is 67.8 cm³/mol. The molecule has 0 aromatic carbocycles. The maximum atomic E-state index is 13.0. The van der Waals surface area contributed by atoms with Crippen LogP contribution in [0.1, 0.15) is 25.3 Å². The van der Waals surface area contributed by atoms with Gasteiger partial charge in [0, 0.05) is 25.3 Å². The lowest BCUT2D eigenvalue weighted by atomic mass is 9.90. The zero-order valence-corrected chi connectivity index (χ0v) is 10.8. The Morgan fingerprint density at radius 3 is 2.84 bits per heavy atom. The Labute approximate surface area is 110 Å². The summed E-state index contributed by atoms with van der Waals surface area (Å²) in [7, 11) is 0. The molecule has 2 atom stereocenters. The number of alkyl halides is 3. The molecule has 2 rings (SSSR count). The molecule has 106 valence electrons. The standard InChI is InChI=1S/C13H18F3N3/c1-2-9-8-19(7-5-11(9)17)12-10(13(14,15)16)4-3-6-18-12/h3-4,6,9,11H,2,5,7-8,17H2,1H3. The first-order valence-corrected chi connectivity index (χ1v) is 6.46. The molecule has 1 fully saturated rings. The first-order valence-electron chi connectivity index (χ1n) is 6.46. The Balaban J connectivity index is 2.27. The molecule has 0 radical (unpaired) electrons.